The molecule has 0 aromatic carbocycles. The monoisotopic (exact) mass is 281 g/mol. The summed E-state index contributed by atoms with van der Waals surface area (Å²) in [5, 5.41) is 3.99. The van der Waals surface area contributed by atoms with Crippen molar-refractivity contribution >= 4 is 11.9 Å². The van der Waals surface area contributed by atoms with Gasteiger partial charge in [0.15, 0.2) is 0 Å². The molecule has 1 aliphatic rings. The molecule has 1 fully saturated rings. The van der Waals surface area contributed by atoms with Crippen molar-refractivity contribution in [3.63, 3.8) is 0 Å². The highest BCUT2D eigenvalue weighted by atomic mass is 16.5. The molecule has 2 N–H and O–H groups in total. The molecule has 0 unspecified atom stereocenters. The van der Waals surface area contributed by atoms with Gasteiger partial charge in [0.1, 0.15) is 17.5 Å². The number of carbonyl (C=O) groups is 2. The van der Waals surface area contributed by atoms with Crippen LogP contribution in [-0.4, -0.2) is 41.6 Å². The zero-order chi connectivity index (χ0) is 14.7. The van der Waals surface area contributed by atoms with Crippen LogP contribution in [0.5, 0.6) is 0 Å². The summed E-state index contributed by atoms with van der Waals surface area (Å²) in [6, 6.07) is 0.946. The molecule has 0 aliphatic carbocycles. The second kappa shape index (κ2) is 6.04. The van der Waals surface area contributed by atoms with Gasteiger partial charge in [-0.05, 0) is 12.8 Å². The summed E-state index contributed by atoms with van der Waals surface area (Å²) >= 11 is 0. The van der Waals surface area contributed by atoms with Crippen molar-refractivity contribution in [1.82, 2.24) is 10.1 Å². The van der Waals surface area contributed by atoms with E-state index in [0.29, 0.717) is 11.5 Å². The zero-order valence-electron chi connectivity index (χ0n) is 11.7. The Morgan fingerprint density at radius 3 is 3.05 bits per heavy atom. The molecule has 1 saturated heterocycles. The molecule has 2 rings (SSSR count). The van der Waals surface area contributed by atoms with Gasteiger partial charge in [0.05, 0.1) is 13.2 Å². The van der Waals surface area contributed by atoms with Crippen LogP contribution in [0.4, 0.5) is 0 Å². The fourth-order valence-corrected chi connectivity index (χ4v) is 2.48. The maximum Gasteiger partial charge on any atom is 0.323 e. The van der Waals surface area contributed by atoms with Gasteiger partial charge in [-0.25, -0.2) is 0 Å². The van der Waals surface area contributed by atoms with Crippen molar-refractivity contribution in [2.45, 2.75) is 38.3 Å². The topological polar surface area (TPSA) is 98.7 Å². The predicted octanol–water partition coefficient (Wildman–Crippen LogP) is 0.401. The maximum absolute atomic E-state index is 11.5. The summed E-state index contributed by atoms with van der Waals surface area (Å²) in [6.07, 6.45) is 2.05. The summed E-state index contributed by atoms with van der Waals surface area (Å²) < 4.78 is 9.76. The Balaban J connectivity index is 2.05. The highest BCUT2D eigenvalue weighted by molar-refractivity contribution is 5.75. The van der Waals surface area contributed by atoms with Crippen molar-refractivity contribution < 1.29 is 18.8 Å². The predicted molar refractivity (Wildman–Crippen MR) is 69.6 cm³/mol. The van der Waals surface area contributed by atoms with Crippen LogP contribution >= 0.6 is 0 Å². The SMILES string of the molecule is COC(=O)[C@H](N)Cc1cc([C@H]2CCCN2C(C)=O)no1. The fraction of sp³-hybridized carbons (Fsp3) is 0.615. The van der Waals surface area contributed by atoms with Crippen molar-refractivity contribution in [2.24, 2.45) is 5.73 Å². The van der Waals surface area contributed by atoms with Crippen molar-refractivity contribution in [3.05, 3.63) is 17.5 Å². The van der Waals surface area contributed by atoms with Crippen LogP contribution in [0.1, 0.15) is 37.3 Å². The van der Waals surface area contributed by atoms with Gasteiger partial charge < -0.3 is 19.9 Å². The number of likely N-dealkylation sites (tertiary alicyclic amines) is 1. The number of amides is 1. The van der Waals surface area contributed by atoms with E-state index in [1.165, 1.54) is 7.11 Å². The smallest absolute Gasteiger partial charge is 0.323 e. The second-order valence-corrected chi connectivity index (χ2v) is 4.92. The molecule has 110 valence electrons. The number of nitrogens with two attached hydrogens (primary N) is 1. The number of nitrogens with zero attached hydrogens (tertiary/aromatic N) is 2. The summed E-state index contributed by atoms with van der Waals surface area (Å²) in [5.74, 6) is 0.0609. The minimum atomic E-state index is -0.770. The van der Waals surface area contributed by atoms with Gasteiger partial charge in [0.25, 0.3) is 0 Å². The van der Waals surface area contributed by atoms with E-state index in [9.17, 15) is 9.59 Å². The second-order valence-electron chi connectivity index (χ2n) is 4.92. The molecule has 20 heavy (non-hydrogen) atoms. The molecule has 0 radical (unpaired) electrons. The van der Waals surface area contributed by atoms with Crippen molar-refractivity contribution in [3.8, 4) is 0 Å². The lowest BCUT2D eigenvalue weighted by Gasteiger charge is -2.20. The Bertz CT molecular complexity index is 500. The maximum atomic E-state index is 11.5. The van der Waals surface area contributed by atoms with Crippen LogP contribution in [0.2, 0.25) is 0 Å². The van der Waals surface area contributed by atoms with Crippen LogP contribution in [0.25, 0.3) is 0 Å². The Kier molecular flexibility index (Phi) is 4.39. The van der Waals surface area contributed by atoms with E-state index >= 15 is 0 Å². The minimum Gasteiger partial charge on any atom is -0.468 e. The number of methoxy groups -OCH3 is 1. The number of esters is 1. The van der Waals surface area contributed by atoms with Crippen LogP contribution in [0, 0.1) is 0 Å². The van der Waals surface area contributed by atoms with Crippen molar-refractivity contribution in [2.75, 3.05) is 13.7 Å². The number of ether oxygens (including phenoxy) is 1. The van der Waals surface area contributed by atoms with Crippen LogP contribution in [0.15, 0.2) is 10.6 Å². The highest BCUT2D eigenvalue weighted by Crippen LogP contribution is 2.31. The minimum absolute atomic E-state index is 0.0308. The first-order valence-electron chi connectivity index (χ1n) is 6.59. The average Bonchev–Trinajstić information content (AvgIpc) is 3.05. The van der Waals surface area contributed by atoms with Gasteiger partial charge >= 0.3 is 5.97 Å². The third-order valence-electron chi connectivity index (χ3n) is 3.50. The molecule has 1 aliphatic heterocycles. The quantitative estimate of drug-likeness (QED) is 0.802. The average molecular weight is 281 g/mol. The van der Waals surface area contributed by atoms with Crippen LogP contribution in [0.3, 0.4) is 0 Å². The molecule has 1 amide bonds. The number of rotatable bonds is 4. The number of hydrogen-bond acceptors (Lipinski definition) is 6. The standard InChI is InChI=1S/C13H19N3O4/c1-8(17)16-5-3-4-12(16)11-7-9(20-15-11)6-10(14)13(18)19-2/h7,10,12H,3-6,14H2,1-2H3/t10-,12-/m1/s1. The summed E-state index contributed by atoms with van der Waals surface area (Å²) in [6.45, 7) is 2.29. The molecule has 2 atom stereocenters. The normalized spacial score (nSPS) is 19.9. The van der Waals surface area contributed by atoms with Crippen molar-refractivity contribution in [1.29, 1.82) is 0 Å². The Hall–Kier alpha value is -1.89. The van der Waals surface area contributed by atoms with Gasteiger partial charge in [-0.1, -0.05) is 5.16 Å². The molecule has 7 heteroatoms. The van der Waals surface area contributed by atoms with E-state index in [-0.39, 0.29) is 18.4 Å². The Labute approximate surface area is 117 Å². The first-order valence-corrected chi connectivity index (χ1v) is 6.59. The van der Waals surface area contributed by atoms with E-state index in [0.717, 1.165) is 19.4 Å². The number of carbonyl (C=O) groups excluding carboxylic acids is 2. The van der Waals surface area contributed by atoms with E-state index in [2.05, 4.69) is 9.89 Å². The lowest BCUT2D eigenvalue weighted by Crippen LogP contribution is -2.33. The zero-order valence-corrected chi connectivity index (χ0v) is 11.7. The lowest BCUT2D eigenvalue weighted by molar-refractivity contribution is -0.142. The first-order chi connectivity index (χ1) is 9.52. The van der Waals surface area contributed by atoms with E-state index in [1.807, 2.05) is 0 Å². The lowest BCUT2D eigenvalue weighted by atomic mass is 10.1. The largest absolute Gasteiger partial charge is 0.468 e. The molecule has 0 bridgehead atoms. The molecule has 1 aromatic rings. The molecule has 7 nitrogen and oxygen atoms in total. The Morgan fingerprint density at radius 1 is 1.65 bits per heavy atom. The molecular weight excluding hydrogens is 262 g/mol. The van der Waals surface area contributed by atoms with Crippen LogP contribution in [-0.2, 0) is 20.7 Å². The highest BCUT2D eigenvalue weighted by Gasteiger charge is 2.30. The van der Waals surface area contributed by atoms with E-state index in [1.54, 1.807) is 17.9 Å². The van der Waals surface area contributed by atoms with E-state index in [4.69, 9.17) is 10.3 Å². The first kappa shape index (κ1) is 14.5. The number of aromatic nitrogens is 1. The van der Waals surface area contributed by atoms with E-state index < -0.39 is 12.0 Å². The van der Waals surface area contributed by atoms with Gasteiger partial charge in [-0.3, -0.25) is 9.59 Å². The van der Waals surface area contributed by atoms with Gasteiger partial charge in [0.2, 0.25) is 5.91 Å². The molecule has 1 aromatic heterocycles. The van der Waals surface area contributed by atoms with Gasteiger partial charge in [-0.2, -0.15) is 0 Å². The molecule has 2 heterocycles. The summed E-state index contributed by atoms with van der Waals surface area (Å²) in [5.41, 5.74) is 6.38. The molecular formula is C13H19N3O4. The molecule has 0 spiro atoms. The van der Waals surface area contributed by atoms with Crippen LogP contribution < -0.4 is 5.73 Å². The third kappa shape index (κ3) is 2.98. The Morgan fingerprint density at radius 2 is 2.40 bits per heavy atom. The third-order valence-corrected chi connectivity index (χ3v) is 3.50. The summed E-state index contributed by atoms with van der Waals surface area (Å²) in [7, 11) is 1.29. The number of hydrogen-bond donors (Lipinski definition) is 1. The molecule has 0 saturated carbocycles. The fourth-order valence-electron chi connectivity index (χ4n) is 2.48. The van der Waals surface area contributed by atoms with Gasteiger partial charge in [0, 0.05) is 26.0 Å². The van der Waals surface area contributed by atoms with Gasteiger partial charge in [-0.15, -0.1) is 0 Å². The summed E-state index contributed by atoms with van der Waals surface area (Å²) in [4.78, 5) is 24.6.